The van der Waals surface area contributed by atoms with Crippen molar-refractivity contribution in [3.05, 3.63) is 101 Å². The molecule has 1 aromatic heterocycles. The number of aryl methyl sites for hydroxylation is 1. The number of sulfonamides is 1. The summed E-state index contributed by atoms with van der Waals surface area (Å²) in [6.45, 7) is 3.31. The van der Waals surface area contributed by atoms with Crippen LogP contribution in [0.4, 0.5) is 5.69 Å². The first kappa shape index (κ1) is 28.7. The first-order valence-corrected chi connectivity index (χ1v) is 14.0. The van der Waals surface area contributed by atoms with Crippen LogP contribution in [-0.4, -0.2) is 45.9 Å². The molecular weight excluding hydrogens is 552 g/mol. The Hall–Kier alpha value is -4.28. The monoisotopic (exact) mass is 580 g/mol. The van der Waals surface area contributed by atoms with Crippen LogP contribution in [0.3, 0.4) is 0 Å². The predicted molar refractivity (Wildman–Crippen MR) is 157 cm³/mol. The van der Waals surface area contributed by atoms with Gasteiger partial charge in [0.2, 0.25) is 0 Å². The van der Waals surface area contributed by atoms with Gasteiger partial charge in [-0.1, -0.05) is 41.9 Å². The highest BCUT2D eigenvalue weighted by atomic mass is 35.5. The molecule has 4 aromatic rings. The maximum atomic E-state index is 13.7. The minimum absolute atomic E-state index is 0.0168. The summed E-state index contributed by atoms with van der Waals surface area (Å²) in [4.78, 5) is 13.1. The van der Waals surface area contributed by atoms with Gasteiger partial charge in [0.05, 0.1) is 41.7 Å². The van der Waals surface area contributed by atoms with E-state index in [4.69, 9.17) is 21.1 Å². The van der Waals surface area contributed by atoms with Crippen LogP contribution in [0.25, 0.3) is 5.69 Å². The lowest BCUT2D eigenvalue weighted by Crippen LogP contribution is -2.39. The Balaban J connectivity index is 1.62. The fourth-order valence-electron chi connectivity index (χ4n) is 4.27. The minimum Gasteiger partial charge on any atom is -0.497 e. The van der Waals surface area contributed by atoms with Crippen LogP contribution in [0.1, 0.15) is 17.0 Å². The summed E-state index contributed by atoms with van der Waals surface area (Å²) < 4.78 is 41.0. The van der Waals surface area contributed by atoms with Crippen LogP contribution in [0.2, 0.25) is 5.02 Å². The summed E-state index contributed by atoms with van der Waals surface area (Å²) in [7, 11) is -1.28. The van der Waals surface area contributed by atoms with Crippen LogP contribution in [0.5, 0.6) is 11.5 Å². The fraction of sp³-hybridized carbons (Fsp3) is 0.172. The second-order valence-electron chi connectivity index (χ2n) is 8.77. The normalized spacial score (nSPS) is 11.4. The number of carbonyl (C=O) groups is 1. The Kier molecular flexibility index (Phi) is 8.81. The molecule has 0 saturated carbocycles. The fourth-order valence-corrected chi connectivity index (χ4v) is 5.94. The maximum absolute atomic E-state index is 13.7. The first-order chi connectivity index (χ1) is 19.2. The standard InChI is InChI=1S/C29H29ClN4O5S/c1-20-16-22(21(2)34(20)26-13-9-8-12-25(26)30)18-31-32-29(35)19-33(40(36,37)24-10-6-5-7-11-24)27-17-23(38-3)14-15-28(27)39-4/h5-18H,19H2,1-4H3,(H,32,35)/b31-18-. The highest BCUT2D eigenvalue weighted by Gasteiger charge is 2.30. The SMILES string of the molecule is COc1ccc(OC)c(N(CC(=O)N/N=C\c2cc(C)n(-c3ccccc3Cl)c2C)S(=O)(=O)c2ccccc2)c1. The number of aromatic nitrogens is 1. The van der Waals surface area contributed by atoms with Gasteiger partial charge in [-0.25, -0.2) is 13.8 Å². The lowest BCUT2D eigenvalue weighted by molar-refractivity contribution is -0.119. The van der Waals surface area contributed by atoms with E-state index in [2.05, 4.69) is 10.5 Å². The van der Waals surface area contributed by atoms with Crippen molar-refractivity contribution in [2.45, 2.75) is 18.7 Å². The molecule has 4 rings (SSSR count). The van der Waals surface area contributed by atoms with E-state index in [0.29, 0.717) is 10.8 Å². The molecule has 11 heteroatoms. The summed E-state index contributed by atoms with van der Waals surface area (Å²) in [5.41, 5.74) is 5.99. The number of hydrogen-bond acceptors (Lipinski definition) is 6. The molecule has 0 atom stereocenters. The third kappa shape index (κ3) is 5.98. The highest BCUT2D eigenvalue weighted by molar-refractivity contribution is 7.92. The molecule has 0 aliphatic heterocycles. The molecule has 0 unspecified atom stereocenters. The predicted octanol–water partition coefficient (Wildman–Crippen LogP) is 5.11. The van der Waals surface area contributed by atoms with Crippen LogP contribution >= 0.6 is 11.6 Å². The number of para-hydroxylation sites is 1. The molecule has 9 nitrogen and oxygen atoms in total. The van der Waals surface area contributed by atoms with Crippen LogP contribution in [0.15, 0.2) is 88.9 Å². The highest BCUT2D eigenvalue weighted by Crippen LogP contribution is 2.35. The Morgan fingerprint density at radius 2 is 1.70 bits per heavy atom. The smallest absolute Gasteiger partial charge is 0.264 e. The summed E-state index contributed by atoms with van der Waals surface area (Å²) in [5.74, 6) is 0.000489. The van der Waals surface area contributed by atoms with Gasteiger partial charge in [-0.2, -0.15) is 5.10 Å². The van der Waals surface area contributed by atoms with Gasteiger partial charge < -0.3 is 14.0 Å². The number of benzene rings is 3. The molecule has 1 N–H and O–H groups in total. The lowest BCUT2D eigenvalue weighted by atomic mass is 10.2. The molecule has 208 valence electrons. The van der Waals surface area contributed by atoms with E-state index in [-0.39, 0.29) is 16.3 Å². The van der Waals surface area contributed by atoms with Crippen LogP contribution in [0, 0.1) is 13.8 Å². The Labute approximate surface area is 238 Å². The van der Waals surface area contributed by atoms with Gasteiger partial charge in [0.15, 0.2) is 0 Å². The Bertz CT molecular complexity index is 1650. The number of anilines is 1. The molecule has 0 saturated heterocycles. The molecule has 0 aliphatic rings. The molecule has 0 aliphatic carbocycles. The van der Waals surface area contributed by atoms with Gasteiger partial charge in [-0.3, -0.25) is 9.10 Å². The van der Waals surface area contributed by atoms with E-state index in [1.54, 1.807) is 30.3 Å². The first-order valence-electron chi connectivity index (χ1n) is 12.2. The van der Waals surface area contributed by atoms with E-state index in [1.165, 1.54) is 38.6 Å². The van der Waals surface area contributed by atoms with Gasteiger partial charge in [-0.05, 0) is 56.3 Å². The molecule has 0 radical (unpaired) electrons. The van der Waals surface area contributed by atoms with Gasteiger partial charge in [0, 0.05) is 23.0 Å². The number of carbonyl (C=O) groups excluding carboxylic acids is 1. The van der Waals surface area contributed by atoms with Gasteiger partial charge >= 0.3 is 0 Å². The summed E-state index contributed by atoms with van der Waals surface area (Å²) >= 11 is 6.40. The number of ether oxygens (including phenoxy) is 2. The van der Waals surface area contributed by atoms with Gasteiger partial charge in [-0.15, -0.1) is 0 Å². The number of methoxy groups -OCH3 is 2. The molecule has 0 fully saturated rings. The topological polar surface area (TPSA) is 102 Å². The van der Waals surface area contributed by atoms with Crippen molar-refractivity contribution in [3.63, 3.8) is 0 Å². The minimum atomic E-state index is -4.16. The second-order valence-corrected chi connectivity index (χ2v) is 11.0. The lowest BCUT2D eigenvalue weighted by Gasteiger charge is -2.25. The molecule has 0 spiro atoms. The van der Waals surface area contributed by atoms with Crippen molar-refractivity contribution in [2.75, 3.05) is 25.1 Å². The zero-order valence-electron chi connectivity index (χ0n) is 22.5. The summed E-state index contributed by atoms with van der Waals surface area (Å²) in [5, 5.41) is 4.71. The quantitative estimate of drug-likeness (QED) is 0.207. The van der Waals surface area contributed by atoms with Crippen molar-refractivity contribution in [1.82, 2.24) is 9.99 Å². The van der Waals surface area contributed by atoms with Crippen molar-refractivity contribution < 1.29 is 22.7 Å². The zero-order valence-corrected chi connectivity index (χ0v) is 24.0. The number of hydrogen-bond donors (Lipinski definition) is 1. The number of rotatable bonds is 10. The van der Waals surface area contributed by atoms with E-state index in [0.717, 1.165) is 26.9 Å². The number of nitrogens with zero attached hydrogens (tertiary/aromatic N) is 3. The molecule has 1 heterocycles. The number of hydrazone groups is 1. The largest absolute Gasteiger partial charge is 0.497 e. The Morgan fingerprint density at radius 1 is 1.00 bits per heavy atom. The average molecular weight is 581 g/mol. The zero-order chi connectivity index (χ0) is 28.9. The van der Waals surface area contributed by atoms with Gasteiger partial charge in [0.1, 0.15) is 18.0 Å². The molecular formula is C29H29ClN4O5S. The summed E-state index contributed by atoms with van der Waals surface area (Å²) in [6, 6.07) is 22.0. The molecule has 0 bridgehead atoms. The summed E-state index contributed by atoms with van der Waals surface area (Å²) in [6.07, 6.45) is 1.51. The number of halogens is 1. The molecule has 1 amide bonds. The van der Waals surface area contributed by atoms with Crippen molar-refractivity contribution in [2.24, 2.45) is 5.10 Å². The second kappa shape index (κ2) is 12.3. The molecule has 3 aromatic carbocycles. The average Bonchev–Trinajstić information content (AvgIpc) is 3.24. The number of nitrogens with one attached hydrogen (secondary N) is 1. The van der Waals surface area contributed by atoms with E-state index in [1.807, 2.05) is 48.7 Å². The van der Waals surface area contributed by atoms with E-state index < -0.39 is 22.5 Å². The van der Waals surface area contributed by atoms with Crippen LogP contribution in [-0.2, 0) is 14.8 Å². The third-order valence-electron chi connectivity index (χ3n) is 6.23. The van der Waals surface area contributed by atoms with Crippen molar-refractivity contribution >= 4 is 39.4 Å². The molecule has 40 heavy (non-hydrogen) atoms. The maximum Gasteiger partial charge on any atom is 0.264 e. The van der Waals surface area contributed by atoms with Gasteiger partial charge in [0.25, 0.3) is 15.9 Å². The van der Waals surface area contributed by atoms with Crippen molar-refractivity contribution in [1.29, 1.82) is 0 Å². The Morgan fingerprint density at radius 3 is 2.38 bits per heavy atom. The van der Waals surface area contributed by atoms with Crippen molar-refractivity contribution in [3.8, 4) is 17.2 Å². The van der Waals surface area contributed by atoms with Crippen LogP contribution < -0.4 is 19.2 Å². The number of amides is 1. The van der Waals surface area contributed by atoms with E-state index in [9.17, 15) is 13.2 Å². The third-order valence-corrected chi connectivity index (χ3v) is 8.32. The van der Waals surface area contributed by atoms with E-state index >= 15 is 0 Å².